The standard InChI is InChI=1S/C14H10BrIO3/c15-11-4-1-9(2-5-11)8-19-13-7-10(14(17)18)3-6-12(13)16/h1-7H,8H2,(H,17,18). The van der Waals surface area contributed by atoms with Crippen LogP contribution in [0, 0.1) is 3.57 Å². The Kier molecular flexibility index (Phi) is 4.81. The number of rotatable bonds is 4. The first-order valence-corrected chi connectivity index (χ1v) is 7.33. The van der Waals surface area contributed by atoms with Gasteiger partial charge in [0.05, 0.1) is 9.13 Å². The van der Waals surface area contributed by atoms with Crippen LogP contribution in [0.4, 0.5) is 0 Å². The molecule has 0 aromatic heterocycles. The van der Waals surface area contributed by atoms with Gasteiger partial charge in [-0.15, -0.1) is 0 Å². The molecule has 0 fully saturated rings. The van der Waals surface area contributed by atoms with Gasteiger partial charge in [-0.05, 0) is 58.5 Å². The van der Waals surface area contributed by atoms with E-state index in [1.54, 1.807) is 18.2 Å². The van der Waals surface area contributed by atoms with E-state index in [-0.39, 0.29) is 5.56 Å². The highest BCUT2D eigenvalue weighted by molar-refractivity contribution is 14.1. The molecule has 2 aromatic carbocycles. The number of hydrogen-bond donors (Lipinski definition) is 1. The second-order valence-electron chi connectivity index (χ2n) is 3.87. The predicted octanol–water partition coefficient (Wildman–Crippen LogP) is 4.33. The molecule has 98 valence electrons. The zero-order valence-corrected chi connectivity index (χ0v) is 13.5. The van der Waals surface area contributed by atoms with Gasteiger partial charge in [-0.2, -0.15) is 0 Å². The van der Waals surface area contributed by atoms with Crippen molar-refractivity contribution in [2.24, 2.45) is 0 Å². The van der Waals surface area contributed by atoms with Crippen molar-refractivity contribution in [2.45, 2.75) is 6.61 Å². The highest BCUT2D eigenvalue weighted by Crippen LogP contribution is 2.23. The summed E-state index contributed by atoms with van der Waals surface area (Å²) in [6.07, 6.45) is 0. The van der Waals surface area contributed by atoms with Gasteiger partial charge >= 0.3 is 5.97 Å². The lowest BCUT2D eigenvalue weighted by Crippen LogP contribution is -2.01. The van der Waals surface area contributed by atoms with Crippen LogP contribution in [0.3, 0.4) is 0 Å². The summed E-state index contributed by atoms with van der Waals surface area (Å²) < 4.78 is 7.57. The van der Waals surface area contributed by atoms with Gasteiger partial charge in [-0.1, -0.05) is 28.1 Å². The van der Waals surface area contributed by atoms with E-state index in [0.717, 1.165) is 13.6 Å². The maximum Gasteiger partial charge on any atom is 0.335 e. The summed E-state index contributed by atoms with van der Waals surface area (Å²) >= 11 is 5.49. The van der Waals surface area contributed by atoms with Crippen LogP contribution in [0.2, 0.25) is 0 Å². The van der Waals surface area contributed by atoms with Crippen LogP contribution in [0.25, 0.3) is 0 Å². The van der Waals surface area contributed by atoms with Crippen molar-refractivity contribution in [3.05, 3.63) is 61.6 Å². The van der Waals surface area contributed by atoms with Gasteiger partial charge in [0.25, 0.3) is 0 Å². The molecule has 2 rings (SSSR count). The van der Waals surface area contributed by atoms with Crippen LogP contribution in [0.5, 0.6) is 5.75 Å². The van der Waals surface area contributed by atoms with Crippen LogP contribution < -0.4 is 4.74 Å². The molecule has 2 aromatic rings. The molecule has 3 nitrogen and oxygen atoms in total. The second-order valence-corrected chi connectivity index (χ2v) is 5.94. The summed E-state index contributed by atoms with van der Waals surface area (Å²) in [7, 11) is 0. The molecule has 5 heteroatoms. The smallest absolute Gasteiger partial charge is 0.335 e. The van der Waals surface area contributed by atoms with Gasteiger partial charge in [0.15, 0.2) is 0 Å². The molecule has 0 heterocycles. The number of carboxylic acid groups (broad SMARTS) is 1. The molecular formula is C14H10BrIO3. The fourth-order valence-corrected chi connectivity index (χ4v) is 2.24. The Morgan fingerprint density at radius 3 is 2.53 bits per heavy atom. The minimum Gasteiger partial charge on any atom is -0.488 e. The van der Waals surface area contributed by atoms with Crippen LogP contribution in [0.1, 0.15) is 15.9 Å². The maximum absolute atomic E-state index is 10.9. The number of halogens is 2. The first-order chi connectivity index (χ1) is 9.06. The van der Waals surface area contributed by atoms with E-state index < -0.39 is 5.97 Å². The van der Waals surface area contributed by atoms with Crippen molar-refractivity contribution >= 4 is 44.5 Å². The van der Waals surface area contributed by atoms with Crippen molar-refractivity contribution in [1.82, 2.24) is 0 Å². The lowest BCUT2D eigenvalue weighted by Gasteiger charge is -2.09. The molecule has 0 bridgehead atoms. The average Bonchev–Trinajstić information content (AvgIpc) is 2.39. The molecule has 0 aliphatic rings. The van der Waals surface area contributed by atoms with E-state index in [4.69, 9.17) is 9.84 Å². The number of aromatic carboxylic acids is 1. The van der Waals surface area contributed by atoms with E-state index >= 15 is 0 Å². The van der Waals surface area contributed by atoms with Crippen molar-refractivity contribution in [2.75, 3.05) is 0 Å². The van der Waals surface area contributed by atoms with Crippen molar-refractivity contribution < 1.29 is 14.6 Å². The highest BCUT2D eigenvalue weighted by atomic mass is 127. The summed E-state index contributed by atoms with van der Waals surface area (Å²) in [5.74, 6) is -0.367. The molecule has 0 radical (unpaired) electrons. The molecular weight excluding hydrogens is 423 g/mol. The van der Waals surface area contributed by atoms with Crippen molar-refractivity contribution in [3.63, 3.8) is 0 Å². The van der Waals surface area contributed by atoms with Crippen LogP contribution >= 0.6 is 38.5 Å². The minimum absolute atomic E-state index is 0.228. The maximum atomic E-state index is 10.9. The average molecular weight is 433 g/mol. The first kappa shape index (κ1) is 14.3. The van der Waals surface area contributed by atoms with Gasteiger partial charge < -0.3 is 9.84 Å². The molecule has 0 atom stereocenters. The Bertz CT molecular complexity index is 596. The zero-order valence-electron chi connectivity index (χ0n) is 9.77. The Morgan fingerprint density at radius 2 is 1.89 bits per heavy atom. The van der Waals surface area contributed by atoms with E-state index in [9.17, 15) is 4.79 Å². The van der Waals surface area contributed by atoms with Crippen LogP contribution in [-0.4, -0.2) is 11.1 Å². The summed E-state index contributed by atoms with van der Waals surface area (Å²) in [6, 6.07) is 12.6. The van der Waals surface area contributed by atoms with Crippen molar-refractivity contribution in [1.29, 1.82) is 0 Å². The molecule has 0 saturated heterocycles. The summed E-state index contributed by atoms with van der Waals surface area (Å²) in [4.78, 5) is 10.9. The Balaban J connectivity index is 2.12. The third-order valence-electron chi connectivity index (χ3n) is 2.49. The minimum atomic E-state index is -0.954. The van der Waals surface area contributed by atoms with E-state index in [1.807, 2.05) is 24.3 Å². The Morgan fingerprint density at radius 1 is 1.21 bits per heavy atom. The van der Waals surface area contributed by atoms with Crippen LogP contribution in [0.15, 0.2) is 46.9 Å². The predicted molar refractivity (Wildman–Crippen MR) is 84.6 cm³/mol. The molecule has 0 spiro atoms. The monoisotopic (exact) mass is 432 g/mol. The number of benzene rings is 2. The molecule has 1 N–H and O–H groups in total. The van der Waals surface area contributed by atoms with Crippen LogP contribution in [-0.2, 0) is 6.61 Å². The number of carbonyl (C=O) groups is 1. The number of ether oxygens (including phenoxy) is 1. The molecule has 0 aliphatic heterocycles. The van der Waals surface area contributed by atoms with Gasteiger partial charge in [-0.3, -0.25) is 0 Å². The Hall–Kier alpha value is -1.08. The number of carboxylic acids is 1. The van der Waals surface area contributed by atoms with E-state index in [2.05, 4.69) is 38.5 Å². The van der Waals surface area contributed by atoms with E-state index in [0.29, 0.717) is 12.4 Å². The molecule has 0 unspecified atom stereocenters. The van der Waals surface area contributed by atoms with Gasteiger partial charge in [0, 0.05) is 4.47 Å². The fraction of sp³-hybridized carbons (Fsp3) is 0.0714. The molecule has 0 saturated carbocycles. The lowest BCUT2D eigenvalue weighted by atomic mass is 10.2. The zero-order chi connectivity index (χ0) is 13.8. The van der Waals surface area contributed by atoms with Crippen molar-refractivity contribution in [3.8, 4) is 5.75 Å². The molecule has 0 aliphatic carbocycles. The SMILES string of the molecule is O=C(O)c1ccc(I)c(OCc2ccc(Br)cc2)c1. The van der Waals surface area contributed by atoms with Gasteiger partial charge in [0.1, 0.15) is 12.4 Å². The number of hydrogen-bond acceptors (Lipinski definition) is 2. The topological polar surface area (TPSA) is 46.5 Å². The van der Waals surface area contributed by atoms with Gasteiger partial charge in [0.2, 0.25) is 0 Å². The largest absolute Gasteiger partial charge is 0.488 e. The molecule has 0 amide bonds. The first-order valence-electron chi connectivity index (χ1n) is 5.46. The summed E-state index contributed by atoms with van der Waals surface area (Å²) in [5.41, 5.74) is 1.26. The lowest BCUT2D eigenvalue weighted by molar-refractivity contribution is 0.0696. The highest BCUT2D eigenvalue weighted by Gasteiger charge is 2.08. The second kappa shape index (κ2) is 6.38. The fourth-order valence-electron chi connectivity index (χ4n) is 1.49. The Labute approximate surface area is 132 Å². The normalized spacial score (nSPS) is 10.2. The summed E-state index contributed by atoms with van der Waals surface area (Å²) in [5, 5.41) is 8.95. The quantitative estimate of drug-likeness (QED) is 0.731. The third-order valence-corrected chi connectivity index (χ3v) is 3.91. The van der Waals surface area contributed by atoms with Gasteiger partial charge in [-0.25, -0.2) is 4.79 Å². The third kappa shape index (κ3) is 3.94. The van der Waals surface area contributed by atoms with E-state index in [1.165, 1.54) is 0 Å². The molecule has 19 heavy (non-hydrogen) atoms. The summed E-state index contributed by atoms with van der Waals surface area (Å²) in [6.45, 7) is 0.409.